The molecule has 0 aliphatic carbocycles. The Morgan fingerprint density at radius 3 is 2.60 bits per heavy atom. The van der Waals surface area contributed by atoms with Gasteiger partial charge in [-0.3, -0.25) is 4.79 Å². The summed E-state index contributed by atoms with van der Waals surface area (Å²) in [5.41, 5.74) is 8.12. The van der Waals surface area contributed by atoms with Gasteiger partial charge in [0.15, 0.2) is 0 Å². The summed E-state index contributed by atoms with van der Waals surface area (Å²) in [6, 6.07) is 7.86. The van der Waals surface area contributed by atoms with Crippen molar-refractivity contribution in [2.75, 3.05) is 7.11 Å². The number of nitrogens with two attached hydrogens (primary N) is 1. The summed E-state index contributed by atoms with van der Waals surface area (Å²) >= 11 is 0. The predicted octanol–water partition coefficient (Wildman–Crippen LogP) is 2.21. The zero-order chi connectivity index (χ0) is 15.2. The van der Waals surface area contributed by atoms with Crippen LogP contribution in [-0.2, 0) is 22.7 Å². The van der Waals surface area contributed by atoms with Gasteiger partial charge >= 0.3 is 0 Å². The fourth-order valence-corrected chi connectivity index (χ4v) is 1.77. The van der Waals surface area contributed by atoms with Crippen molar-refractivity contribution in [2.24, 2.45) is 11.1 Å². The number of benzene rings is 1. The molecular formula is C16H26N2O2. The van der Waals surface area contributed by atoms with Crippen molar-refractivity contribution in [3.05, 3.63) is 35.4 Å². The smallest absolute Gasteiger partial charge is 0.221 e. The van der Waals surface area contributed by atoms with E-state index in [0.717, 1.165) is 11.1 Å². The number of hydrogen-bond donors (Lipinski definition) is 2. The number of carbonyl (C=O) groups is 1. The molecular weight excluding hydrogens is 252 g/mol. The van der Waals surface area contributed by atoms with Crippen molar-refractivity contribution in [2.45, 2.75) is 46.4 Å². The van der Waals surface area contributed by atoms with Gasteiger partial charge in [-0.25, -0.2) is 0 Å². The van der Waals surface area contributed by atoms with Crippen LogP contribution in [0.3, 0.4) is 0 Å². The summed E-state index contributed by atoms with van der Waals surface area (Å²) in [6.45, 7) is 7.22. The van der Waals surface area contributed by atoms with Gasteiger partial charge in [-0.05, 0) is 16.5 Å². The second-order valence-electron chi connectivity index (χ2n) is 6.21. The summed E-state index contributed by atoms with van der Waals surface area (Å²) in [5.74, 6) is -0.00966. The molecule has 0 saturated carbocycles. The Bertz CT molecular complexity index is 438. The maximum atomic E-state index is 11.9. The Labute approximate surface area is 121 Å². The molecule has 0 spiro atoms. The number of carbonyl (C=O) groups excluding carboxylic acids is 1. The fraction of sp³-hybridized carbons (Fsp3) is 0.562. The van der Waals surface area contributed by atoms with Gasteiger partial charge in [-0.2, -0.15) is 0 Å². The SMILES string of the molecule is COCc1cccc(CNC(=O)CC(N)C(C)(C)C)c1. The van der Waals surface area contributed by atoms with Gasteiger partial charge in [0.1, 0.15) is 0 Å². The monoisotopic (exact) mass is 278 g/mol. The van der Waals surface area contributed by atoms with Crippen LogP contribution in [-0.4, -0.2) is 19.1 Å². The molecule has 0 aliphatic rings. The molecule has 1 atom stereocenters. The summed E-state index contributed by atoms with van der Waals surface area (Å²) in [5, 5.41) is 2.91. The lowest BCUT2D eigenvalue weighted by molar-refractivity contribution is -0.122. The Hall–Kier alpha value is -1.39. The van der Waals surface area contributed by atoms with Gasteiger partial charge in [0.25, 0.3) is 0 Å². The molecule has 1 amide bonds. The fourth-order valence-electron chi connectivity index (χ4n) is 1.77. The first kappa shape index (κ1) is 16.7. The lowest BCUT2D eigenvalue weighted by atomic mass is 9.85. The highest BCUT2D eigenvalue weighted by atomic mass is 16.5. The van der Waals surface area contributed by atoms with Crippen LogP contribution in [0, 0.1) is 5.41 Å². The van der Waals surface area contributed by atoms with Crippen molar-refractivity contribution in [3.63, 3.8) is 0 Å². The van der Waals surface area contributed by atoms with Gasteiger partial charge in [0.05, 0.1) is 6.61 Å². The van der Waals surface area contributed by atoms with Crippen LogP contribution < -0.4 is 11.1 Å². The minimum Gasteiger partial charge on any atom is -0.380 e. The van der Waals surface area contributed by atoms with Crippen molar-refractivity contribution >= 4 is 5.91 Å². The summed E-state index contributed by atoms with van der Waals surface area (Å²) in [4.78, 5) is 11.9. The quantitative estimate of drug-likeness (QED) is 0.838. The van der Waals surface area contributed by atoms with Crippen molar-refractivity contribution in [1.82, 2.24) is 5.32 Å². The second-order valence-corrected chi connectivity index (χ2v) is 6.21. The largest absolute Gasteiger partial charge is 0.380 e. The highest BCUT2D eigenvalue weighted by molar-refractivity contribution is 5.76. The average Bonchev–Trinajstić information content (AvgIpc) is 2.36. The molecule has 0 radical (unpaired) electrons. The number of hydrogen-bond acceptors (Lipinski definition) is 3. The third-order valence-electron chi connectivity index (χ3n) is 3.31. The summed E-state index contributed by atoms with van der Waals surface area (Å²) < 4.78 is 5.09. The highest BCUT2D eigenvalue weighted by Gasteiger charge is 2.22. The first-order valence-electron chi connectivity index (χ1n) is 6.92. The normalized spacial score (nSPS) is 13.1. The number of methoxy groups -OCH3 is 1. The minimum atomic E-state index is -0.137. The van der Waals surface area contributed by atoms with E-state index < -0.39 is 0 Å². The second kappa shape index (κ2) is 7.41. The molecule has 0 fully saturated rings. The van der Waals surface area contributed by atoms with Crippen LogP contribution in [0.4, 0.5) is 0 Å². The number of amides is 1. The van der Waals surface area contributed by atoms with E-state index in [-0.39, 0.29) is 17.4 Å². The Morgan fingerprint density at radius 1 is 1.35 bits per heavy atom. The van der Waals surface area contributed by atoms with E-state index in [2.05, 4.69) is 5.32 Å². The molecule has 4 heteroatoms. The lowest BCUT2D eigenvalue weighted by Crippen LogP contribution is -2.40. The first-order chi connectivity index (χ1) is 9.32. The molecule has 0 heterocycles. The predicted molar refractivity (Wildman–Crippen MR) is 81.0 cm³/mol. The highest BCUT2D eigenvalue weighted by Crippen LogP contribution is 2.19. The molecule has 0 aromatic heterocycles. The van der Waals surface area contributed by atoms with Crippen LogP contribution >= 0.6 is 0 Å². The molecule has 1 rings (SSSR count). The number of rotatable bonds is 6. The van der Waals surface area contributed by atoms with E-state index in [1.807, 2.05) is 45.0 Å². The molecule has 1 unspecified atom stereocenters. The van der Waals surface area contributed by atoms with E-state index in [4.69, 9.17) is 10.5 Å². The average molecular weight is 278 g/mol. The molecule has 20 heavy (non-hydrogen) atoms. The molecule has 0 saturated heterocycles. The van der Waals surface area contributed by atoms with Gasteiger partial charge in [0, 0.05) is 26.1 Å². The van der Waals surface area contributed by atoms with Crippen molar-refractivity contribution in [1.29, 1.82) is 0 Å². The first-order valence-corrected chi connectivity index (χ1v) is 6.92. The zero-order valence-corrected chi connectivity index (χ0v) is 12.9. The zero-order valence-electron chi connectivity index (χ0n) is 12.9. The van der Waals surface area contributed by atoms with E-state index in [9.17, 15) is 4.79 Å². The van der Waals surface area contributed by atoms with Crippen LogP contribution in [0.2, 0.25) is 0 Å². The lowest BCUT2D eigenvalue weighted by Gasteiger charge is -2.26. The molecule has 0 aliphatic heterocycles. The van der Waals surface area contributed by atoms with Gasteiger partial charge in [-0.15, -0.1) is 0 Å². The van der Waals surface area contributed by atoms with Crippen molar-refractivity contribution < 1.29 is 9.53 Å². The Balaban J connectivity index is 2.47. The van der Waals surface area contributed by atoms with Crippen LogP contribution in [0.25, 0.3) is 0 Å². The Kier molecular flexibility index (Phi) is 6.17. The van der Waals surface area contributed by atoms with Gasteiger partial charge in [0.2, 0.25) is 5.91 Å². The van der Waals surface area contributed by atoms with Gasteiger partial charge < -0.3 is 15.8 Å². The minimum absolute atomic E-state index is 0.00966. The van der Waals surface area contributed by atoms with E-state index in [0.29, 0.717) is 19.6 Å². The number of nitrogens with one attached hydrogen (secondary N) is 1. The summed E-state index contributed by atoms with van der Waals surface area (Å²) in [7, 11) is 1.67. The molecule has 1 aromatic rings. The maximum Gasteiger partial charge on any atom is 0.221 e. The molecule has 0 bridgehead atoms. The summed E-state index contributed by atoms with van der Waals surface area (Å²) in [6.07, 6.45) is 0.348. The topological polar surface area (TPSA) is 64.3 Å². The third kappa shape index (κ3) is 5.72. The van der Waals surface area contributed by atoms with E-state index in [1.54, 1.807) is 7.11 Å². The third-order valence-corrected chi connectivity index (χ3v) is 3.31. The molecule has 3 N–H and O–H groups in total. The maximum absolute atomic E-state index is 11.9. The van der Waals surface area contributed by atoms with Crippen LogP contribution in [0.5, 0.6) is 0 Å². The van der Waals surface area contributed by atoms with E-state index in [1.165, 1.54) is 0 Å². The molecule has 112 valence electrons. The molecule has 1 aromatic carbocycles. The van der Waals surface area contributed by atoms with Crippen molar-refractivity contribution in [3.8, 4) is 0 Å². The van der Waals surface area contributed by atoms with E-state index >= 15 is 0 Å². The number of ether oxygens (including phenoxy) is 1. The standard InChI is InChI=1S/C16H26N2O2/c1-16(2,3)14(17)9-15(19)18-10-12-6-5-7-13(8-12)11-20-4/h5-8,14H,9-11,17H2,1-4H3,(H,18,19). The van der Waals surface area contributed by atoms with Gasteiger partial charge in [-0.1, -0.05) is 45.0 Å². The molecule has 4 nitrogen and oxygen atoms in total. The van der Waals surface area contributed by atoms with Crippen LogP contribution in [0.1, 0.15) is 38.3 Å². The Morgan fingerprint density at radius 2 is 2.00 bits per heavy atom. The van der Waals surface area contributed by atoms with Crippen LogP contribution in [0.15, 0.2) is 24.3 Å².